The highest BCUT2D eigenvalue weighted by Crippen LogP contribution is 2.56. The van der Waals surface area contributed by atoms with Gasteiger partial charge in [0.2, 0.25) is 0 Å². The molecule has 2 saturated carbocycles. The monoisotopic (exact) mass is 184 g/mol. The quantitative estimate of drug-likeness (QED) is 0.612. The van der Waals surface area contributed by atoms with E-state index in [4.69, 9.17) is 11.6 Å². The average Bonchev–Trinajstić information content (AvgIpc) is 2.40. The van der Waals surface area contributed by atoms with Gasteiger partial charge >= 0.3 is 0 Å². The number of aliphatic hydroxyl groups excluding tert-OH is 1. The van der Waals surface area contributed by atoms with E-state index in [0.717, 1.165) is 23.3 Å². The molecule has 0 amide bonds. The lowest BCUT2D eigenvalue weighted by Gasteiger charge is -2.25. The van der Waals surface area contributed by atoms with Gasteiger partial charge in [0.15, 0.2) is 0 Å². The van der Waals surface area contributed by atoms with Gasteiger partial charge in [0.05, 0.1) is 6.10 Å². The van der Waals surface area contributed by atoms with Gasteiger partial charge in [-0.05, 0) is 37.0 Å². The second-order valence-corrected chi connectivity index (χ2v) is 4.97. The molecule has 0 aromatic heterocycles. The van der Waals surface area contributed by atoms with E-state index >= 15 is 0 Å². The Morgan fingerprint density at radius 1 is 1.33 bits per heavy atom. The number of aliphatic hydroxyl groups is 1. The van der Waals surface area contributed by atoms with Gasteiger partial charge in [-0.2, -0.15) is 0 Å². The highest BCUT2D eigenvalue weighted by Gasteiger charge is 2.51. The predicted octanol–water partition coefficient (Wildman–Crippen LogP) is 2.15. The SMILES string of the molecule is O[C@@H]1C[C@H]2C[C@H]3C=C(Cl)[C@@H]1[C@@H]2C3. The third kappa shape index (κ3) is 0.789. The number of fused-ring (bicyclic) bond motifs is 1. The Morgan fingerprint density at radius 2 is 2.17 bits per heavy atom. The maximum atomic E-state index is 9.76. The van der Waals surface area contributed by atoms with Gasteiger partial charge in [-0.15, -0.1) is 0 Å². The molecule has 0 aliphatic heterocycles. The van der Waals surface area contributed by atoms with Crippen molar-refractivity contribution >= 4 is 11.6 Å². The summed E-state index contributed by atoms with van der Waals surface area (Å²) in [6.07, 6.45) is 5.59. The van der Waals surface area contributed by atoms with Crippen LogP contribution in [0.25, 0.3) is 0 Å². The average molecular weight is 185 g/mol. The maximum Gasteiger partial charge on any atom is 0.0622 e. The van der Waals surface area contributed by atoms with Crippen molar-refractivity contribution in [3.8, 4) is 0 Å². The van der Waals surface area contributed by atoms with Crippen molar-refractivity contribution in [2.75, 3.05) is 0 Å². The highest BCUT2D eigenvalue weighted by atomic mass is 35.5. The van der Waals surface area contributed by atoms with Crippen LogP contribution in [0.5, 0.6) is 0 Å². The number of hydrogen-bond acceptors (Lipinski definition) is 1. The third-order valence-electron chi connectivity index (χ3n) is 3.92. The van der Waals surface area contributed by atoms with Crippen molar-refractivity contribution in [2.24, 2.45) is 23.7 Å². The summed E-state index contributed by atoms with van der Waals surface area (Å²) in [5.74, 6) is 2.51. The summed E-state index contributed by atoms with van der Waals surface area (Å²) < 4.78 is 0. The topological polar surface area (TPSA) is 20.2 Å². The molecule has 0 aromatic rings. The molecular formula is C10H13ClO. The summed E-state index contributed by atoms with van der Waals surface area (Å²) in [6, 6.07) is 0. The summed E-state index contributed by atoms with van der Waals surface area (Å²) >= 11 is 6.14. The van der Waals surface area contributed by atoms with E-state index in [1.54, 1.807) is 0 Å². The zero-order valence-electron chi connectivity index (χ0n) is 6.91. The summed E-state index contributed by atoms with van der Waals surface area (Å²) in [6.45, 7) is 0. The molecule has 0 spiro atoms. The van der Waals surface area contributed by atoms with Crippen molar-refractivity contribution in [2.45, 2.75) is 25.4 Å². The summed E-state index contributed by atoms with van der Waals surface area (Å²) in [5, 5.41) is 10.7. The lowest BCUT2D eigenvalue weighted by Crippen LogP contribution is -2.22. The number of allylic oxidation sites excluding steroid dienone is 1. The van der Waals surface area contributed by atoms with Crippen molar-refractivity contribution in [1.82, 2.24) is 0 Å². The molecule has 0 radical (unpaired) electrons. The standard InChI is InChI=1S/C10H13ClO/c11-8-3-5-1-6-4-9(12)10(8)7(6)2-5/h3,5-7,9-10,12H,1-2,4H2/t5-,6-,7-,9-,10+/m1/s1. The normalized spacial score (nSPS) is 55.8. The molecule has 5 atom stereocenters. The zero-order chi connectivity index (χ0) is 8.29. The van der Waals surface area contributed by atoms with Crippen LogP contribution < -0.4 is 0 Å². The van der Waals surface area contributed by atoms with Crippen molar-refractivity contribution in [1.29, 1.82) is 0 Å². The van der Waals surface area contributed by atoms with Crippen LogP contribution in [0.4, 0.5) is 0 Å². The molecule has 3 aliphatic rings. The van der Waals surface area contributed by atoms with Crippen LogP contribution in [-0.4, -0.2) is 11.2 Å². The lowest BCUT2D eigenvalue weighted by molar-refractivity contribution is 0.130. The van der Waals surface area contributed by atoms with Gasteiger partial charge in [-0.3, -0.25) is 0 Å². The van der Waals surface area contributed by atoms with Crippen LogP contribution in [0.3, 0.4) is 0 Å². The van der Waals surface area contributed by atoms with E-state index in [0.29, 0.717) is 11.8 Å². The Kier molecular flexibility index (Phi) is 1.40. The summed E-state index contributed by atoms with van der Waals surface area (Å²) in [5.41, 5.74) is 0. The Labute approximate surface area is 77.4 Å². The lowest BCUT2D eigenvalue weighted by atomic mass is 9.85. The van der Waals surface area contributed by atoms with Gasteiger partial charge in [0, 0.05) is 11.0 Å². The molecule has 12 heavy (non-hydrogen) atoms. The van der Waals surface area contributed by atoms with E-state index < -0.39 is 0 Å². The van der Waals surface area contributed by atoms with E-state index in [9.17, 15) is 5.11 Å². The van der Waals surface area contributed by atoms with Crippen LogP contribution in [0.2, 0.25) is 0 Å². The molecule has 1 N–H and O–H groups in total. The molecule has 0 saturated heterocycles. The Bertz CT molecular complexity index is 246. The molecule has 0 aromatic carbocycles. The van der Waals surface area contributed by atoms with Crippen LogP contribution in [-0.2, 0) is 0 Å². The van der Waals surface area contributed by atoms with Crippen molar-refractivity contribution in [3.05, 3.63) is 11.1 Å². The summed E-state index contributed by atoms with van der Waals surface area (Å²) in [4.78, 5) is 0. The fraction of sp³-hybridized carbons (Fsp3) is 0.800. The van der Waals surface area contributed by atoms with E-state index in [1.807, 2.05) is 0 Å². The van der Waals surface area contributed by atoms with E-state index in [2.05, 4.69) is 6.08 Å². The third-order valence-corrected chi connectivity index (χ3v) is 4.30. The molecular weight excluding hydrogens is 172 g/mol. The van der Waals surface area contributed by atoms with Gasteiger partial charge in [-0.25, -0.2) is 0 Å². The van der Waals surface area contributed by atoms with E-state index in [-0.39, 0.29) is 6.10 Å². The number of halogens is 1. The zero-order valence-corrected chi connectivity index (χ0v) is 7.67. The second-order valence-electron chi connectivity index (χ2n) is 4.54. The molecule has 2 heteroatoms. The Balaban J connectivity index is 2.05. The molecule has 3 aliphatic carbocycles. The smallest absolute Gasteiger partial charge is 0.0622 e. The first-order chi connectivity index (χ1) is 5.75. The first kappa shape index (κ1) is 7.40. The first-order valence-corrected chi connectivity index (χ1v) is 5.19. The maximum absolute atomic E-state index is 9.76. The molecule has 1 nitrogen and oxygen atoms in total. The first-order valence-electron chi connectivity index (χ1n) is 4.81. The van der Waals surface area contributed by atoms with Gasteiger partial charge in [0.25, 0.3) is 0 Å². The summed E-state index contributed by atoms with van der Waals surface area (Å²) in [7, 11) is 0. The molecule has 2 bridgehead atoms. The van der Waals surface area contributed by atoms with E-state index in [1.165, 1.54) is 12.8 Å². The molecule has 3 rings (SSSR count). The van der Waals surface area contributed by atoms with Crippen LogP contribution >= 0.6 is 11.6 Å². The van der Waals surface area contributed by atoms with Crippen LogP contribution in [0.15, 0.2) is 11.1 Å². The van der Waals surface area contributed by atoms with Gasteiger partial charge in [-0.1, -0.05) is 17.7 Å². The minimum Gasteiger partial charge on any atom is -0.392 e. The van der Waals surface area contributed by atoms with Crippen molar-refractivity contribution < 1.29 is 5.11 Å². The van der Waals surface area contributed by atoms with Crippen LogP contribution in [0, 0.1) is 23.7 Å². The molecule has 0 unspecified atom stereocenters. The van der Waals surface area contributed by atoms with Crippen molar-refractivity contribution in [3.63, 3.8) is 0 Å². The Morgan fingerprint density at radius 3 is 3.00 bits per heavy atom. The van der Waals surface area contributed by atoms with Gasteiger partial charge in [0.1, 0.15) is 0 Å². The second kappa shape index (κ2) is 2.27. The Hall–Kier alpha value is -0.0100. The fourth-order valence-electron chi connectivity index (χ4n) is 3.52. The van der Waals surface area contributed by atoms with Gasteiger partial charge < -0.3 is 5.11 Å². The highest BCUT2D eigenvalue weighted by molar-refractivity contribution is 6.30. The minimum atomic E-state index is -0.148. The fourth-order valence-corrected chi connectivity index (χ4v) is 4.00. The molecule has 66 valence electrons. The minimum absolute atomic E-state index is 0.148. The largest absolute Gasteiger partial charge is 0.392 e. The predicted molar refractivity (Wildman–Crippen MR) is 47.8 cm³/mol. The number of rotatable bonds is 0. The van der Waals surface area contributed by atoms with Crippen LogP contribution in [0.1, 0.15) is 19.3 Å². The molecule has 2 fully saturated rings. The number of hydrogen-bond donors (Lipinski definition) is 1. The molecule has 0 heterocycles.